The average Bonchev–Trinajstić information content (AvgIpc) is 3.00. The Morgan fingerprint density at radius 3 is 2.71 bits per heavy atom. The van der Waals surface area contributed by atoms with Crippen molar-refractivity contribution in [3.8, 4) is 0 Å². The molecule has 24 heavy (non-hydrogen) atoms. The molecule has 1 unspecified atom stereocenters. The fraction of sp³-hybridized carbons (Fsp3) is 0.700. The molecule has 5 atom stereocenters. The zero-order valence-corrected chi connectivity index (χ0v) is 15.1. The number of fused-ring (bicyclic) bond motifs is 1. The van der Waals surface area contributed by atoms with Gasteiger partial charge in [-0.15, -0.1) is 0 Å². The first kappa shape index (κ1) is 17.4. The van der Waals surface area contributed by atoms with Crippen LogP contribution >= 0.6 is 0 Å². The van der Waals surface area contributed by atoms with Gasteiger partial charge in [0.2, 0.25) is 6.29 Å². The summed E-state index contributed by atoms with van der Waals surface area (Å²) in [5.41, 5.74) is 3.08. The van der Waals surface area contributed by atoms with Crippen LogP contribution in [-0.2, 0) is 14.3 Å². The molecule has 3 aliphatic rings. The molecule has 0 aromatic heterocycles. The van der Waals surface area contributed by atoms with Crippen LogP contribution in [0.2, 0.25) is 0 Å². The van der Waals surface area contributed by atoms with Gasteiger partial charge in [-0.1, -0.05) is 26.3 Å². The lowest BCUT2D eigenvalue weighted by molar-refractivity contribution is -0.151. The zero-order valence-electron chi connectivity index (χ0n) is 15.1. The normalized spacial score (nSPS) is 42.0. The summed E-state index contributed by atoms with van der Waals surface area (Å²) in [4.78, 5) is 22.8. The van der Waals surface area contributed by atoms with Gasteiger partial charge in [-0.25, -0.2) is 4.79 Å². The average molecular weight is 332 g/mol. The predicted octanol–water partition coefficient (Wildman–Crippen LogP) is 3.55. The molecule has 0 saturated heterocycles. The lowest BCUT2D eigenvalue weighted by Crippen LogP contribution is -2.46. The number of hydrogen-bond donors (Lipinski definition) is 1. The van der Waals surface area contributed by atoms with E-state index in [1.54, 1.807) is 0 Å². The fourth-order valence-corrected chi connectivity index (χ4v) is 5.35. The van der Waals surface area contributed by atoms with Crippen LogP contribution in [0.15, 0.2) is 22.8 Å². The van der Waals surface area contributed by atoms with Crippen LogP contribution in [0.1, 0.15) is 59.8 Å². The summed E-state index contributed by atoms with van der Waals surface area (Å²) in [5.74, 6) is 0.528. The molecule has 0 radical (unpaired) electrons. The number of rotatable bonds is 4. The van der Waals surface area contributed by atoms with Crippen molar-refractivity contribution in [1.82, 2.24) is 0 Å². The Hall–Kier alpha value is -1.42. The van der Waals surface area contributed by atoms with Gasteiger partial charge < -0.3 is 9.84 Å². The Morgan fingerprint density at radius 1 is 1.42 bits per heavy atom. The smallest absolute Gasteiger partial charge is 0.333 e. The Kier molecular flexibility index (Phi) is 4.23. The van der Waals surface area contributed by atoms with E-state index < -0.39 is 12.3 Å². The summed E-state index contributed by atoms with van der Waals surface area (Å²) in [6.07, 6.45) is 6.07. The highest BCUT2D eigenvalue weighted by Gasteiger charge is 2.55. The highest BCUT2D eigenvalue weighted by molar-refractivity contribution is 5.85. The highest BCUT2D eigenvalue weighted by atomic mass is 16.6. The summed E-state index contributed by atoms with van der Waals surface area (Å²) in [6, 6.07) is 0. The van der Waals surface area contributed by atoms with Crippen LogP contribution in [0.5, 0.6) is 0 Å². The van der Waals surface area contributed by atoms with Crippen molar-refractivity contribution in [2.24, 2.45) is 22.7 Å². The first-order chi connectivity index (χ1) is 11.2. The van der Waals surface area contributed by atoms with Gasteiger partial charge in [0.1, 0.15) is 6.29 Å². The molecule has 4 nitrogen and oxygen atoms in total. The van der Waals surface area contributed by atoms with E-state index in [9.17, 15) is 14.7 Å². The van der Waals surface area contributed by atoms with Crippen LogP contribution in [0.3, 0.4) is 0 Å². The number of aliphatic hydroxyl groups is 1. The standard InChI is InChI=1S/C20H28O4/c1-12-5-7-20(4)13(2)15(11-21)9-16(20)19(12,3)8-6-14-10-17(22)24-18(14)23/h10-12,16,18,23H,5-9H2,1-4H3/t12-,16?,18+,19+,20+/m1/s1. The molecule has 0 spiro atoms. The van der Waals surface area contributed by atoms with Gasteiger partial charge in [-0.2, -0.15) is 0 Å². The predicted molar refractivity (Wildman–Crippen MR) is 90.9 cm³/mol. The lowest BCUT2D eigenvalue weighted by Gasteiger charge is -2.54. The van der Waals surface area contributed by atoms with E-state index in [0.717, 1.165) is 37.5 Å². The quantitative estimate of drug-likeness (QED) is 0.632. The number of cyclic esters (lactones) is 1. The van der Waals surface area contributed by atoms with Gasteiger partial charge >= 0.3 is 5.97 Å². The number of ether oxygens (including phenoxy) is 1. The Morgan fingerprint density at radius 2 is 2.12 bits per heavy atom. The molecular formula is C20H28O4. The fourth-order valence-electron chi connectivity index (χ4n) is 5.35. The molecule has 1 fully saturated rings. The maximum absolute atomic E-state index is 11.5. The third-order valence-electron chi connectivity index (χ3n) is 7.49. The summed E-state index contributed by atoms with van der Waals surface area (Å²) >= 11 is 0. The van der Waals surface area contributed by atoms with Crippen molar-refractivity contribution in [2.75, 3.05) is 0 Å². The first-order valence-corrected chi connectivity index (χ1v) is 8.97. The third-order valence-corrected chi connectivity index (χ3v) is 7.49. The van der Waals surface area contributed by atoms with Crippen molar-refractivity contribution in [3.05, 3.63) is 22.8 Å². The largest absolute Gasteiger partial charge is 0.429 e. The molecule has 0 aromatic rings. The Bertz CT molecular complexity index is 632. The SMILES string of the molecule is CC1=C(C=O)CC2[C@@]1(C)CC[C@@H](C)[C@]2(C)CCC1=CC(=O)O[C@@H]1O. The molecule has 3 rings (SSSR count). The minimum absolute atomic E-state index is 0.0746. The number of aldehydes is 1. The summed E-state index contributed by atoms with van der Waals surface area (Å²) in [5, 5.41) is 9.83. The van der Waals surface area contributed by atoms with Crippen molar-refractivity contribution < 1.29 is 19.4 Å². The van der Waals surface area contributed by atoms with Crippen molar-refractivity contribution in [1.29, 1.82) is 0 Å². The molecule has 132 valence electrons. The number of esters is 1. The second-order valence-corrected chi connectivity index (χ2v) is 8.40. The summed E-state index contributed by atoms with van der Waals surface area (Å²) in [7, 11) is 0. The maximum Gasteiger partial charge on any atom is 0.333 e. The molecule has 0 bridgehead atoms. The highest BCUT2D eigenvalue weighted by Crippen LogP contribution is 2.64. The topological polar surface area (TPSA) is 63.6 Å². The van der Waals surface area contributed by atoms with Gasteiger partial charge in [0.15, 0.2) is 0 Å². The molecule has 2 aliphatic carbocycles. The van der Waals surface area contributed by atoms with Crippen molar-refractivity contribution in [3.63, 3.8) is 0 Å². The van der Waals surface area contributed by atoms with E-state index >= 15 is 0 Å². The monoisotopic (exact) mass is 332 g/mol. The summed E-state index contributed by atoms with van der Waals surface area (Å²) < 4.78 is 4.80. The molecule has 0 amide bonds. The molecule has 4 heteroatoms. The molecule has 1 heterocycles. The number of carbonyl (C=O) groups is 2. The number of aliphatic hydroxyl groups excluding tert-OH is 1. The van der Waals surface area contributed by atoms with E-state index in [1.807, 2.05) is 0 Å². The molecule has 0 aromatic carbocycles. The summed E-state index contributed by atoms with van der Waals surface area (Å²) in [6.45, 7) is 9.06. The van der Waals surface area contributed by atoms with Crippen LogP contribution in [0, 0.1) is 22.7 Å². The minimum Gasteiger partial charge on any atom is -0.429 e. The molecule has 1 N–H and O–H groups in total. The lowest BCUT2D eigenvalue weighted by atomic mass is 9.50. The second kappa shape index (κ2) is 5.83. The van der Waals surface area contributed by atoms with Gasteiger partial charge in [-0.05, 0) is 67.3 Å². The van der Waals surface area contributed by atoms with Crippen LogP contribution < -0.4 is 0 Å². The van der Waals surface area contributed by atoms with Crippen LogP contribution in [-0.4, -0.2) is 23.7 Å². The van der Waals surface area contributed by atoms with Gasteiger partial charge in [-0.3, -0.25) is 4.79 Å². The number of carbonyl (C=O) groups excluding carboxylic acids is 2. The van der Waals surface area contributed by atoms with E-state index in [-0.39, 0.29) is 10.8 Å². The number of hydrogen-bond acceptors (Lipinski definition) is 4. The van der Waals surface area contributed by atoms with Crippen molar-refractivity contribution in [2.45, 2.75) is 66.1 Å². The van der Waals surface area contributed by atoms with Crippen LogP contribution in [0.25, 0.3) is 0 Å². The van der Waals surface area contributed by atoms with E-state index in [1.165, 1.54) is 11.6 Å². The third kappa shape index (κ3) is 2.46. The van der Waals surface area contributed by atoms with Gasteiger partial charge in [0.05, 0.1) is 0 Å². The van der Waals surface area contributed by atoms with Gasteiger partial charge in [0, 0.05) is 11.6 Å². The minimum atomic E-state index is -1.08. The van der Waals surface area contributed by atoms with Gasteiger partial charge in [0.25, 0.3) is 0 Å². The van der Waals surface area contributed by atoms with E-state index in [2.05, 4.69) is 27.7 Å². The second-order valence-electron chi connectivity index (χ2n) is 8.40. The zero-order chi connectivity index (χ0) is 17.7. The Labute approximate surface area is 144 Å². The van der Waals surface area contributed by atoms with Crippen LogP contribution in [0.4, 0.5) is 0 Å². The first-order valence-electron chi connectivity index (χ1n) is 8.97. The maximum atomic E-state index is 11.5. The van der Waals surface area contributed by atoms with E-state index in [4.69, 9.17) is 4.74 Å². The van der Waals surface area contributed by atoms with E-state index in [0.29, 0.717) is 23.8 Å². The molecule has 1 aliphatic heterocycles. The Balaban J connectivity index is 1.84. The molecule has 1 saturated carbocycles. The molecular weight excluding hydrogens is 304 g/mol. The number of allylic oxidation sites excluding steroid dienone is 2. The van der Waals surface area contributed by atoms with Crippen molar-refractivity contribution >= 4 is 12.3 Å².